The Kier molecular flexibility index (Phi) is 8.65. The Morgan fingerprint density at radius 2 is 1.76 bits per heavy atom. The maximum absolute atomic E-state index is 12.7. The SMILES string of the molecule is CCOC(=O)C1CCN(C(=O)COC(=O)c2cc(S(=O)(=O)Nc3ccc([N+](=O)[O-])cc3)ccc2O)CC1. The summed E-state index contributed by atoms with van der Waals surface area (Å²) in [4.78, 5) is 48.0. The zero-order valence-electron chi connectivity index (χ0n) is 19.8. The van der Waals surface area contributed by atoms with Crippen molar-refractivity contribution in [3.8, 4) is 5.75 Å². The molecule has 0 saturated carbocycles. The van der Waals surface area contributed by atoms with Crippen LogP contribution >= 0.6 is 0 Å². The van der Waals surface area contributed by atoms with Crippen LogP contribution < -0.4 is 4.72 Å². The number of ether oxygens (including phenoxy) is 2. The monoisotopic (exact) mass is 535 g/mol. The van der Waals surface area contributed by atoms with Gasteiger partial charge in [0.25, 0.3) is 21.6 Å². The van der Waals surface area contributed by atoms with Crippen LogP contribution in [-0.2, 0) is 29.1 Å². The standard InChI is InChI=1S/C23H25N3O10S/c1-2-35-22(29)15-9-11-25(12-10-15)21(28)14-36-23(30)19-13-18(7-8-20(19)27)37(33,34)24-16-3-5-17(6-4-16)26(31)32/h3-8,13,15,24,27H,2,9-12,14H2,1H3. The van der Waals surface area contributed by atoms with Crippen molar-refractivity contribution >= 4 is 39.2 Å². The van der Waals surface area contributed by atoms with Crippen molar-refractivity contribution in [2.24, 2.45) is 5.92 Å². The van der Waals surface area contributed by atoms with Gasteiger partial charge in [-0.25, -0.2) is 13.2 Å². The molecule has 1 aliphatic heterocycles. The van der Waals surface area contributed by atoms with Crippen LogP contribution in [0.5, 0.6) is 5.75 Å². The Morgan fingerprint density at radius 3 is 2.35 bits per heavy atom. The van der Waals surface area contributed by atoms with Crippen molar-refractivity contribution in [3.63, 3.8) is 0 Å². The highest BCUT2D eigenvalue weighted by molar-refractivity contribution is 7.92. The van der Waals surface area contributed by atoms with Crippen LogP contribution in [0.3, 0.4) is 0 Å². The van der Waals surface area contributed by atoms with Gasteiger partial charge in [0, 0.05) is 30.9 Å². The molecular formula is C23H25N3O10S. The van der Waals surface area contributed by atoms with Gasteiger partial charge in [-0.2, -0.15) is 0 Å². The third-order valence-electron chi connectivity index (χ3n) is 5.62. The number of rotatable bonds is 9. The fourth-order valence-corrected chi connectivity index (χ4v) is 4.72. The Balaban J connectivity index is 1.61. The molecule has 14 heteroatoms. The highest BCUT2D eigenvalue weighted by Gasteiger charge is 2.29. The molecule has 3 rings (SSSR count). The van der Waals surface area contributed by atoms with Crippen LogP contribution in [0.25, 0.3) is 0 Å². The van der Waals surface area contributed by atoms with Crippen LogP contribution in [0.2, 0.25) is 0 Å². The maximum Gasteiger partial charge on any atom is 0.342 e. The number of carbonyl (C=O) groups excluding carboxylic acids is 3. The van der Waals surface area contributed by atoms with Crippen molar-refractivity contribution in [2.45, 2.75) is 24.7 Å². The maximum atomic E-state index is 12.7. The third-order valence-corrected chi connectivity index (χ3v) is 7.00. The van der Waals surface area contributed by atoms with Gasteiger partial charge < -0.3 is 19.5 Å². The van der Waals surface area contributed by atoms with Crippen molar-refractivity contribution < 1.29 is 42.3 Å². The summed E-state index contributed by atoms with van der Waals surface area (Å²) < 4.78 is 37.7. The van der Waals surface area contributed by atoms with Crippen molar-refractivity contribution in [3.05, 3.63) is 58.1 Å². The van der Waals surface area contributed by atoms with E-state index in [0.717, 1.165) is 30.3 Å². The van der Waals surface area contributed by atoms with Crippen LogP contribution in [0, 0.1) is 16.0 Å². The van der Waals surface area contributed by atoms with Crippen LogP contribution in [-0.4, -0.2) is 67.5 Å². The first-order chi connectivity index (χ1) is 17.5. The number of piperidine rings is 1. The first-order valence-corrected chi connectivity index (χ1v) is 12.7. The highest BCUT2D eigenvalue weighted by atomic mass is 32.2. The van der Waals surface area contributed by atoms with Crippen molar-refractivity contribution in [1.29, 1.82) is 0 Å². The van der Waals surface area contributed by atoms with Gasteiger partial charge in [-0.1, -0.05) is 0 Å². The summed E-state index contributed by atoms with van der Waals surface area (Å²) in [5.74, 6) is -2.78. The molecule has 37 heavy (non-hydrogen) atoms. The topological polar surface area (TPSA) is 182 Å². The molecule has 1 aliphatic rings. The lowest BCUT2D eigenvalue weighted by molar-refractivity contribution is -0.384. The number of esters is 2. The molecule has 0 bridgehead atoms. The highest BCUT2D eigenvalue weighted by Crippen LogP contribution is 2.25. The molecule has 1 fully saturated rings. The number of nitrogens with zero attached hydrogens (tertiary/aromatic N) is 2. The number of sulfonamides is 1. The zero-order chi connectivity index (χ0) is 27.2. The molecule has 2 aromatic rings. The molecule has 0 unspecified atom stereocenters. The van der Waals surface area contributed by atoms with Gasteiger partial charge in [0.05, 0.1) is 22.3 Å². The van der Waals surface area contributed by atoms with E-state index in [9.17, 15) is 38.0 Å². The molecule has 13 nitrogen and oxygen atoms in total. The second-order valence-corrected chi connectivity index (χ2v) is 9.75. The second kappa shape index (κ2) is 11.7. The van der Waals surface area contributed by atoms with Crippen molar-refractivity contribution in [1.82, 2.24) is 4.90 Å². The predicted octanol–water partition coefficient (Wildman–Crippen LogP) is 2.06. The lowest BCUT2D eigenvalue weighted by atomic mass is 9.97. The summed E-state index contributed by atoms with van der Waals surface area (Å²) in [6.07, 6.45) is 0.835. The first kappa shape index (κ1) is 27.4. The first-order valence-electron chi connectivity index (χ1n) is 11.2. The van der Waals surface area contributed by atoms with Crippen molar-refractivity contribution in [2.75, 3.05) is 31.0 Å². The summed E-state index contributed by atoms with van der Waals surface area (Å²) in [5.41, 5.74) is -0.656. The number of amides is 1. The molecule has 0 aliphatic carbocycles. The van der Waals surface area contributed by atoms with E-state index in [-0.39, 0.29) is 47.9 Å². The predicted molar refractivity (Wildman–Crippen MR) is 128 cm³/mol. The summed E-state index contributed by atoms with van der Waals surface area (Å²) in [7, 11) is -4.24. The Bertz CT molecular complexity index is 1290. The molecule has 0 spiro atoms. The number of nitro groups is 1. The van der Waals surface area contributed by atoms with Gasteiger partial charge in [-0.3, -0.25) is 24.4 Å². The number of phenols is 1. The molecular weight excluding hydrogens is 510 g/mol. The minimum absolute atomic E-state index is 0.0418. The smallest absolute Gasteiger partial charge is 0.342 e. The third kappa shape index (κ3) is 6.94. The summed E-state index contributed by atoms with van der Waals surface area (Å²) in [5, 5.41) is 20.8. The lowest BCUT2D eigenvalue weighted by Crippen LogP contribution is -2.42. The number of carbonyl (C=O) groups is 3. The number of nitrogens with one attached hydrogen (secondary N) is 1. The fraction of sp³-hybridized carbons (Fsp3) is 0.348. The van der Waals surface area contributed by atoms with Crippen LogP contribution in [0.15, 0.2) is 47.4 Å². The van der Waals surface area contributed by atoms with E-state index < -0.39 is 44.7 Å². The molecule has 0 aromatic heterocycles. The van der Waals surface area contributed by atoms with Gasteiger partial charge in [0.2, 0.25) is 0 Å². The molecule has 1 heterocycles. The molecule has 198 valence electrons. The van der Waals surface area contributed by atoms with E-state index in [1.165, 1.54) is 17.0 Å². The second-order valence-electron chi connectivity index (χ2n) is 8.07. The average Bonchev–Trinajstić information content (AvgIpc) is 2.87. The lowest BCUT2D eigenvalue weighted by Gasteiger charge is -2.30. The van der Waals surface area contributed by atoms with E-state index in [4.69, 9.17) is 9.47 Å². The van der Waals surface area contributed by atoms with E-state index in [1.54, 1.807) is 6.92 Å². The molecule has 2 N–H and O–H groups in total. The number of anilines is 1. The largest absolute Gasteiger partial charge is 0.507 e. The van der Waals surface area contributed by atoms with E-state index in [1.807, 2.05) is 0 Å². The molecule has 1 saturated heterocycles. The number of phenolic OH excluding ortho intramolecular Hbond substituents is 1. The van der Waals surface area contributed by atoms with Gasteiger partial charge in [0.1, 0.15) is 11.3 Å². The number of hydrogen-bond acceptors (Lipinski definition) is 10. The Morgan fingerprint density at radius 1 is 1.11 bits per heavy atom. The van der Waals surface area contributed by atoms with Crippen LogP contribution in [0.4, 0.5) is 11.4 Å². The quantitative estimate of drug-likeness (QED) is 0.274. The van der Waals surface area contributed by atoms with Gasteiger partial charge in [-0.15, -0.1) is 0 Å². The molecule has 2 aromatic carbocycles. The van der Waals surface area contributed by atoms with Gasteiger partial charge in [0.15, 0.2) is 6.61 Å². The Hall–Kier alpha value is -4.20. The number of nitro benzene ring substituents is 1. The van der Waals surface area contributed by atoms with E-state index in [0.29, 0.717) is 12.8 Å². The number of benzene rings is 2. The van der Waals surface area contributed by atoms with E-state index >= 15 is 0 Å². The molecule has 1 amide bonds. The van der Waals surface area contributed by atoms with Gasteiger partial charge in [-0.05, 0) is 50.1 Å². The van der Waals surface area contributed by atoms with Gasteiger partial charge >= 0.3 is 11.9 Å². The zero-order valence-corrected chi connectivity index (χ0v) is 20.6. The summed E-state index contributed by atoms with van der Waals surface area (Å²) >= 11 is 0. The summed E-state index contributed by atoms with van der Waals surface area (Å²) in [6.45, 7) is 1.92. The number of non-ortho nitro benzene ring substituents is 1. The van der Waals surface area contributed by atoms with E-state index in [2.05, 4.69) is 4.72 Å². The molecule has 0 atom stereocenters. The normalized spacial score (nSPS) is 14.0. The molecule has 0 radical (unpaired) electrons. The number of likely N-dealkylation sites (tertiary alicyclic amines) is 1. The average molecular weight is 536 g/mol. The number of hydrogen-bond donors (Lipinski definition) is 2. The minimum Gasteiger partial charge on any atom is -0.507 e. The van der Waals surface area contributed by atoms with Crippen LogP contribution in [0.1, 0.15) is 30.1 Å². The summed E-state index contributed by atoms with van der Waals surface area (Å²) in [6, 6.07) is 7.57. The minimum atomic E-state index is -4.24. The fourth-order valence-electron chi connectivity index (χ4n) is 3.63. The Labute approximate surface area is 212 Å². The number of aromatic hydroxyl groups is 1.